The maximum absolute atomic E-state index is 13.7. The van der Waals surface area contributed by atoms with Crippen molar-refractivity contribution in [3.05, 3.63) is 77.6 Å². The van der Waals surface area contributed by atoms with Crippen molar-refractivity contribution >= 4 is 11.6 Å². The van der Waals surface area contributed by atoms with Crippen LogP contribution < -0.4 is 4.90 Å². The Bertz CT molecular complexity index is 772. The molecule has 1 amide bonds. The van der Waals surface area contributed by atoms with Gasteiger partial charge in [0.15, 0.2) is 5.60 Å². The lowest BCUT2D eigenvalue weighted by atomic mass is 9.89. The zero-order valence-corrected chi connectivity index (χ0v) is 12.9. The average molecular weight is 311 g/mol. The topological polar surface area (TPSA) is 40.5 Å². The first kappa shape index (κ1) is 15.4. The number of hydrogen-bond donors (Lipinski definition) is 1. The smallest absolute Gasteiger partial charge is 0.264 e. The minimum atomic E-state index is -1.75. The molecule has 4 heteroatoms. The largest absolute Gasteiger partial charge is 0.375 e. The molecule has 118 valence electrons. The predicted octanol–water partition coefficient (Wildman–Crippen LogP) is 3.53. The molecule has 1 N–H and O–H groups in total. The van der Waals surface area contributed by atoms with Crippen LogP contribution in [0.3, 0.4) is 0 Å². The Morgan fingerprint density at radius 3 is 2.61 bits per heavy atom. The molecule has 0 aliphatic carbocycles. The van der Waals surface area contributed by atoms with Crippen molar-refractivity contribution in [2.45, 2.75) is 25.5 Å². The molecule has 0 bridgehead atoms. The van der Waals surface area contributed by atoms with E-state index in [1.54, 1.807) is 13.0 Å². The van der Waals surface area contributed by atoms with Gasteiger partial charge in [0.25, 0.3) is 5.91 Å². The van der Waals surface area contributed by atoms with Gasteiger partial charge in [0.2, 0.25) is 0 Å². The highest BCUT2D eigenvalue weighted by atomic mass is 19.1. The van der Waals surface area contributed by atoms with Gasteiger partial charge in [-0.15, -0.1) is 6.58 Å². The SMILES string of the molecule is C=C(C)CC1(O)C(=O)N(Cc2ccccc2)c2ccc(F)cc21. The number of carbonyl (C=O) groups excluding carboxylic acids is 1. The molecule has 1 heterocycles. The molecule has 0 saturated carbocycles. The van der Waals surface area contributed by atoms with Crippen LogP contribution in [0.1, 0.15) is 24.5 Å². The summed E-state index contributed by atoms with van der Waals surface area (Å²) in [6.45, 7) is 5.85. The van der Waals surface area contributed by atoms with Crippen LogP contribution >= 0.6 is 0 Å². The molecule has 2 aromatic carbocycles. The Hall–Kier alpha value is -2.46. The van der Waals surface area contributed by atoms with Crippen LogP contribution in [-0.4, -0.2) is 11.0 Å². The molecular weight excluding hydrogens is 293 g/mol. The van der Waals surface area contributed by atoms with Gasteiger partial charge in [-0.05, 0) is 30.7 Å². The third-order valence-electron chi connectivity index (χ3n) is 4.04. The van der Waals surface area contributed by atoms with E-state index in [0.29, 0.717) is 23.4 Å². The first-order chi connectivity index (χ1) is 10.9. The zero-order valence-electron chi connectivity index (χ0n) is 12.9. The van der Waals surface area contributed by atoms with Crippen molar-refractivity contribution in [3.8, 4) is 0 Å². The maximum Gasteiger partial charge on any atom is 0.264 e. The number of hydrogen-bond acceptors (Lipinski definition) is 2. The number of halogens is 1. The molecule has 3 rings (SSSR count). The van der Waals surface area contributed by atoms with Gasteiger partial charge >= 0.3 is 0 Å². The number of benzene rings is 2. The molecule has 1 atom stereocenters. The summed E-state index contributed by atoms with van der Waals surface area (Å²) in [7, 11) is 0. The fourth-order valence-electron chi connectivity index (χ4n) is 3.05. The van der Waals surface area contributed by atoms with Crippen molar-refractivity contribution < 1.29 is 14.3 Å². The summed E-state index contributed by atoms with van der Waals surface area (Å²) in [6, 6.07) is 13.6. The van der Waals surface area contributed by atoms with E-state index in [1.165, 1.54) is 17.0 Å². The van der Waals surface area contributed by atoms with E-state index in [2.05, 4.69) is 6.58 Å². The van der Waals surface area contributed by atoms with Crippen molar-refractivity contribution in [3.63, 3.8) is 0 Å². The van der Waals surface area contributed by atoms with Crippen molar-refractivity contribution in [1.82, 2.24) is 0 Å². The third kappa shape index (κ3) is 2.66. The van der Waals surface area contributed by atoms with Crippen LogP contribution in [0.5, 0.6) is 0 Å². The van der Waals surface area contributed by atoms with E-state index in [9.17, 15) is 14.3 Å². The molecule has 2 aromatic rings. The maximum atomic E-state index is 13.7. The van der Waals surface area contributed by atoms with Gasteiger partial charge in [-0.2, -0.15) is 0 Å². The number of rotatable bonds is 4. The lowest BCUT2D eigenvalue weighted by molar-refractivity contribution is -0.136. The van der Waals surface area contributed by atoms with E-state index in [-0.39, 0.29) is 6.42 Å². The van der Waals surface area contributed by atoms with Gasteiger partial charge in [0.1, 0.15) is 5.82 Å². The Kier molecular flexibility index (Phi) is 3.78. The van der Waals surface area contributed by atoms with Gasteiger partial charge in [0, 0.05) is 12.0 Å². The third-order valence-corrected chi connectivity index (χ3v) is 4.04. The molecule has 1 aliphatic heterocycles. The number of aliphatic hydroxyl groups is 1. The van der Waals surface area contributed by atoms with E-state index >= 15 is 0 Å². The molecule has 0 radical (unpaired) electrons. The Balaban J connectivity index is 2.06. The molecular formula is C19H18FNO2. The number of anilines is 1. The molecule has 1 unspecified atom stereocenters. The normalized spacial score (nSPS) is 19.8. The van der Waals surface area contributed by atoms with Crippen LogP contribution in [-0.2, 0) is 16.9 Å². The standard InChI is InChI=1S/C19H18FNO2/c1-13(2)11-19(23)16-10-15(20)8-9-17(16)21(18(19)22)12-14-6-4-3-5-7-14/h3-10,23H,1,11-12H2,2H3. The number of carbonyl (C=O) groups is 1. The molecule has 3 nitrogen and oxygen atoms in total. The monoisotopic (exact) mass is 311 g/mol. The molecule has 1 aliphatic rings. The number of nitrogens with zero attached hydrogens (tertiary/aromatic N) is 1. The zero-order chi connectivity index (χ0) is 16.6. The highest BCUT2D eigenvalue weighted by molar-refractivity contribution is 6.06. The lowest BCUT2D eigenvalue weighted by Crippen LogP contribution is -2.40. The van der Waals surface area contributed by atoms with Crippen molar-refractivity contribution in [2.75, 3.05) is 4.90 Å². The second kappa shape index (κ2) is 5.63. The van der Waals surface area contributed by atoms with Crippen LogP contribution in [0.4, 0.5) is 10.1 Å². The van der Waals surface area contributed by atoms with Gasteiger partial charge in [-0.25, -0.2) is 4.39 Å². The highest BCUT2D eigenvalue weighted by Gasteiger charge is 2.49. The van der Waals surface area contributed by atoms with Crippen molar-refractivity contribution in [1.29, 1.82) is 0 Å². The summed E-state index contributed by atoms with van der Waals surface area (Å²) in [4.78, 5) is 14.4. The Morgan fingerprint density at radius 1 is 1.26 bits per heavy atom. The summed E-state index contributed by atoms with van der Waals surface area (Å²) in [5.41, 5.74) is 0.705. The number of amides is 1. The lowest BCUT2D eigenvalue weighted by Gasteiger charge is -2.23. The minimum Gasteiger partial charge on any atom is -0.375 e. The first-order valence-electron chi connectivity index (χ1n) is 7.44. The Morgan fingerprint density at radius 2 is 1.96 bits per heavy atom. The molecule has 0 fully saturated rings. The highest BCUT2D eigenvalue weighted by Crippen LogP contribution is 2.44. The Labute approximate surface area is 134 Å². The summed E-state index contributed by atoms with van der Waals surface area (Å²) in [5, 5.41) is 10.9. The van der Waals surface area contributed by atoms with Gasteiger partial charge in [-0.1, -0.05) is 35.9 Å². The fraction of sp³-hybridized carbons (Fsp3) is 0.211. The fourth-order valence-corrected chi connectivity index (χ4v) is 3.05. The molecule has 0 spiro atoms. The van der Waals surface area contributed by atoms with Crippen molar-refractivity contribution in [2.24, 2.45) is 0 Å². The summed E-state index contributed by atoms with van der Waals surface area (Å²) in [5.74, 6) is -0.914. The van der Waals surface area contributed by atoms with Crippen LogP contribution in [0.15, 0.2) is 60.7 Å². The summed E-state index contributed by atoms with van der Waals surface area (Å²) in [6.07, 6.45) is 0.0770. The summed E-state index contributed by atoms with van der Waals surface area (Å²) >= 11 is 0. The number of fused-ring (bicyclic) bond motifs is 1. The van der Waals surface area contributed by atoms with Gasteiger partial charge in [0.05, 0.1) is 12.2 Å². The van der Waals surface area contributed by atoms with E-state index in [1.807, 2.05) is 30.3 Å². The van der Waals surface area contributed by atoms with Crippen LogP contribution in [0, 0.1) is 5.82 Å². The molecule has 0 saturated heterocycles. The second-order valence-corrected chi connectivity index (χ2v) is 6.03. The first-order valence-corrected chi connectivity index (χ1v) is 7.44. The quantitative estimate of drug-likeness (QED) is 0.878. The summed E-state index contributed by atoms with van der Waals surface area (Å²) < 4.78 is 13.7. The molecule has 0 aromatic heterocycles. The van der Waals surface area contributed by atoms with E-state index < -0.39 is 17.3 Å². The predicted molar refractivity (Wildman–Crippen MR) is 87.4 cm³/mol. The van der Waals surface area contributed by atoms with Gasteiger partial charge in [-0.3, -0.25) is 4.79 Å². The second-order valence-electron chi connectivity index (χ2n) is 6.03. The minimum absolute atomic E-state index is 0.0770. The van der Waals surface area contributed by atoms with Crippen LogP contribution in [0.2, 0.25) is 0 Å². The van der Waals surface area contributed by atoms with Gasteiger partial charge < -0.3 is 10.0 Å². The average Bonchev–Trinajstić information content (AvgIpc) is 2.70. The van der Waals surface area contributed by atoms with E-state index in [0.717, 1.165) is 5.56 Å². The van der Waals surface area contributed by atoms with Crippen LogP contribution in [0.25, 0.3) is 0 Å². The van der Waals surface area contributed by atoms with E-state index in [4.69, 9.17) is 0 Å². The molecule has 23 heavy (non-hydrogen) atoms.